The molecule has 0 saturated heterocycles. The van der Waals surface area contributed by atoms with Crippen molar-refractivity contribution >= 4 is 23.5 Å². The maximum absolute atomic E-state index is 11.9. The van der Waals surface area contributed by atoms with Crippen LogP contribution in [0.3, 0.4) is 0 Å². The summed E-state index contributed by atoms with van der Waals surface area (Å²) in [4.78, 5) is 23.5. The average molecular weight is 345 g/mol. The summed E-state index contributed by atoms with van der Waals surface area (Å²) in [5, 5.41) is 0.519. The van der Waals surface area contributed by atoms with E-state index in [1.54, 1.807) is 18.2 Å². The lowest BCUT2D eigenvalue weighted by Gasteiger charge is -2.35. The standard InChI is InChI=1S/C19H17ClO4/c1-12(21)23-18-10-14-6-3-4-9-17(14)19(18,24-13(2)22)15-7-5-8-16(20)11-15/h3-9,11,18H,10H2,1-2H3/t18-,19+/m0/s1. The van der Waals surface area contributed by atoms with Gasteiger partial charge in [-0.25, -0.2) is 0 Å². The van der Waals surface area contributed by atoms with Crippen molar-refractivity contribution in [3.8, 4) is 0 Å². The van der Waals surface area contributed by atoms with E-state index in [-0.39, 0.29) is 0 Å². The summed E-state index contributed by atoms with van der Waals surface area (Å²) < 4.78 is 11.4. The van der Waals surface area contributed by atoms with Gasteiger partial charge in [0, 0.05) is 36.4 Å². The molecular formula is C19H17ClO4. The van der Waals surface area contributed by atoms with Gasteiger partial charge in [-0.1, -0.05) is 48.0 Å². The molecule has 2 aromatic carbocycles. The van der Waals surface area contributed by atoms with E-state index in [0.717, 1.165) is 11.1 Å². The van der Waals surface area contributed by atoms with Crippen molar-refractivity contribution in [2.45, 2.75) is 32.0 Å². The Balaban J connectivity index is 2.26. The predicted molar refractivity (Wildman–Crippen MR) is 89.7 cm³/mol. The number of esters is 2. The summed E-state index contributed by atoms with van der Waals surface area (Å²) >= 11 is 6.15. The molecule has 24 heavy (non-hydrogen) atoms. The first-order valence-electron chi connectivity index (χ1n) is 7.64. The first-order valence-corrected chi connectivity index (χ1v) is 8.02. The van der Waals surface area contributed by atoms with Gasteiger partial charge in [0.1, 0.15) is 0 Å². The first kappa shape index (κ1) is 16.5. The van der Waals surface area contributed by atoms with Crippen molar-refractivity contribution in [1.82, 2.24) is 0 Å². The second kappa shape index (κ2) is 6.29. The molecule has 0 N–H and O–H groups in total. The molecule has 0 saturated carbocycles. The van der Waals surface area contributed by atoms with Crippen LogP contribution in [0.15, 0.2) is 48.5 Å². The fraction of sp³-hybridized carbons (Fsp3) is 0.263. The average Bonchev–Trinajstić information content (AvgIpc) is 2.81. The van der Waals surface area contributed by atoms with Gasteiger partial charge in [0.05, 0.1) is 0 Å². The quantitative estimate of drug-likeness (QED) is 0.798. The molecule has 0 amide bonds. The molecule has 3 rings (SSSR count). The molecule has 1 aliphatic rings. The SMILES string of the molecule is CC(=O)O[C@H]1Cc2ccccc2[C@]1(OC(C)=O)c1cccc(Cl)c1. The minimum Gasteiger partial charge on any atom is -0.457 e. The molecule has 0 spiro atoms. The van der Waals surface area contributed by atoms with Crippen molar-refractivity contribution in [2.75, 3.05) is 0 Å². The monoisotopic (exact) mass is 344 g/mol. The summed E-state index contributed by atoms with van der Waals surface area (Å²) in [6, 6.07) is 14.7. The Hall–Kier alpha value is -2.33. The van der Waals surface area contributed by atoms with Crippen molar-refractivity contribution in [3.63, 3.8) is 0 Å². The number of carbonyl (C=O) groups is 2. The Morgan fingerprint density at radius 3 is 2.50 bits per heavy atom. The maximum atomic E-state index is 11.9. The minimum atomic E-state index is -1.20. The van der Waals surface area contributed by atoms with Gasteiger partial charge in [-0.15, -0.1) is 0 Å². The Morgan fingerprint density at radius 2 is 1.83 bits per heavy atom. The lowest BCUT2D eigenvalue weighted by molar-refractivity contribution is -0.176. The first-order chi connectivity index (χ1) is 11.4. The molecular weight excluding hydrogens is 328 g/mol. The number of hydrogen-bond acceptors (Lipinski definition) is 4. The maximum Gasteiger partial charge on any atom is 0.304 e. The van der Waals surface area contributed by atoms with Crippen LogP contribution in [0.5, 0.6) is 0 Å². The minimum absolute atomic E-state index is 0.425. The zero-order valence-electron chi connectivity index (χ0n) is 13.4. The third-order valence-corrected chi connectivity index (χ3v) is 4.38. The van der Waals surface area contributed by atoms with E-state index in [9.17, 15) is 9.59 Å². The molecule has 0 aliphatic heterocycles. The van der Waals surface area contributed by atoms with Gasteiger partial charge >= 0.3 is 11.9 Å². The van der Waals surface area contributed by atoms with E-state index in [1.165, 1.54) is 13.8 Å². The number of carbonyl (C=O) groups excluding carboxylic acids is 2. The largest absolute Gasteiger partial charge is 0.457 e. The van der Waals surface area contributed by atoms with Crippen molar-refractivity contribution in [3.05, 3.63) is 70.2 Å². The van der Waals surface area contributed by atoms with Crippen LogP contribution in [0, 0.1) is 0 Å². The molecule has 0 heterocycles. The van der Waals surface area contributed by atoms with Gasteiger partial charge in [-0.3, -0.25) is 9.59 Å². The van der Waals surface area contributed by atoms with Crippen LogP contribution >= 0.6 is 11.6 Å². The number of fused-ring (bicyclic) bond motifs is 1. The zero-order valence-corrected chi connectivity index (χ0v) is 14.2. The topological polar surface area (TPSA) is 52.6 Å². The van der Waals surface area contributed by atoms with Crippen LogP contribution in [-0.2, 0) is 31.1 Å². The molecule has 2 aromatic rings. The molecule has 5 heteroatoms. The smallest absolute Gasteiger partial charge is 0.304 e. The summed E-state index contributed by atoms with van der Waals surface area (Å²) in [6.07, 6.45) is -0.176. The second-order valence-corrected chi connectivity index (χ2v) is 6.24. The Morgan fingerprint density at radius 1 is 1.08 bits per heavy atom. The van der Waals surface area contributed by atoms with Gasteiger partial charge in [-0.05, 0) is 17.7 Å². The van der Waals surface area contributed by atoms with Gasteiger partial charge in [-0.2, -0.15) is 0 Å². The summed E-state index contributed by atoms with van der Waals surface area (Å²) in [5.41, 5.74) is 1.28. The predicted octanol–water partition coefficient (Wildman–Crippen LogP) is 3.63. The molecule has 4 nitrogen and oxygen atoms in total. The summed E-state index contributed by atoms with van der Waals surface area (Å²) in [5.74, 6) is -0.879. The van der Waals surface area contributed by atoms with E-state index < -0.39 is 23.6 Å². The van der Waals surface area contributed by atoms with Gasteiger partial charge < -0.3 is 9.47 Å². The van der Waals surface area contributed by atoms with Crippen LogP contribution in [-0.4, -0.2) is 18.0 Å². The van der Waals surface area contributed by atoms with E-state index in [4.69, 9.17) is 21.1 Å². The fourth-order valence-corrected chi connectivity index (χ4v) is 3.56. The number of benzene rings is 2. The molecule has 1 aliphatic carbocycles. The van der Waals surface area contributed by atoms with Crippen molar-refractivity contribution in [1.29, 1.82) is 0 Å². The van der Waals surface area contributed by atoms with E-state index in [0.29, 0.717) is 17.0 Å². The highest BCUT2D eigenvalue weighted by Gasteiger charge is 2.53. The second-order valence-electron chi connectivity index (χ2n) is 5.80. The molecule has 0 bridgehead atoms. The van der Waals surface area contributed by atoms with Crippen LogP contribution in [0.2, 0.25) is 5.02 Å². The third kappa shape index (κ3) is 2.78. The number of ether oxygens (including phenoxy) is 2. The summed E-state index contributed by atoms with van der Waals surface area (Å²) in [7, 11) is 0. The molecule has 0 unspecified atom stereocenters. The Labute approximate surface area is 145 Å². The van der Waals surface area contributed by atoms with Crippen LogP contribution in [0.25, 0.3) is 0 Å². The number of rotatable bonds is 3. The highest BCUT2D eigenvalue weighted by molar-refractivity contribution is 6.30. The third-order valence-electron chi connectivity index (χ3n) is 4.14. The lowest BCUT2D eigenvalue weighted by atomic mass is 9.85. The zero-order chi connectivity index (χ0) is 17.3. The normalized spacial score (nSPS) is 21.9. The van der Waals surface area contributed by atoms with Crippen molar-refractivity contribution < 1.29 is 19.1 Å². The van der Waals surface area contributed by atoms with Gasteiger partial charge in [0.2, 0.25) is 0 Å². The summed E-state index contributed by atoms with van der Waals surface area (Å²) in [6.45, 7) is 2.69. The number of hydrogen-bond donors (Lipinski definition) is 0. The van der Waals surface area contributed by atoms with Gasteiger partial charge in [0.25, 0.3) is 0 Å². The highest BCUT2D eigenvalue weighted by atomic mass is 35.5. The van der Waals surface area contributed by atoms with E-state index >= 15 is 0 Å². The van der Waals surface area contributed by atoms with Crippen LogP contribution < -0.4 is 0 Å². The van der Waals surface area contributed by atoms with Crippen LogP contribution in [0.4, 0.5) is 0 Å². The highest BCUT2D eigenvalue weighted by Crippen LogP contribution is 2.47. The molecule has 2 atom stereocenters. The van der Waals surface area contributed by atoms with E-state index in [1.807, 2.05) is 30.3 Å². The molecule has 0 radical (unpaired) electrons. The van der Waals surface area contributed by atoms with E-state index in [2.05, 4.69) is 0 Å². The molecule has 0 fully saturated rings. The molecule has 0 aromatic heterocycles. The van der Waals surface area contributed by atoms with Crippen molar-refractivity contribution in [2.24, 2.45) is 0 Å². The van der Waals surface area contributed by atoms with Crippen LogP contribution in [0.1, 0.15) is 30.5 Å². The Bertz CT molecular complexity index is 801. The fourth-order valence-electron chi connectivity index (χ4n) is 3.37. The number of halogens is 1. The lowest BCUT2D eigenvalue weighted by Crippen LogP contribution is -2.43. The Kier molecular flexibility index (Phi) is 4.33. The molecule has 124 valence electrons. The van der Waals surface area contributed by atoms with Gasteiger partial charge in [0.15, 0.2) is 11.7 Å².